The molecule has 0 spiro atoms. The molecule has 0 amide bonds. The standard InChI is InChI=1S/C11H16FN/c1-5-8-10(6-2)11(12)9(4)13-7-3/h5-8H,1-4H3/b8-5+,10-6-,11-9+,13-7-. The van der Waals surface area contributed by atoms with E-state index in [0.29, 0.717) is 11.3 Å². The van der Waals surface area contributed by atoms with Gasteiger partial charge in [0.05, 0.1) is 5.70 Å². The third-order valence-corrected chi connectivity index (χ3v) is 1.55. The van der Waals surface area contributed by atoms with E-state index in [1.165, 1.54) is 0 Å². The number of aliphatic imine (C=N–C) groups is 1. The zero-order chi connectivity index (χ0) is 10.3. The van der Waals surface area contributed by atoms with Gasteiger partial charge in [-0.15, -0.1) is 0 Å². The first kappa shape index (κ1) is 11.8. The lowest BCUT2D eigenvalue weighted by atomic mass is 10.2. The molecule has 72 valence electrons. The zero-order valence-electron chi connectivity index (χ0n) is 8.63. The van der Waals surface area contributed by atoms with E-state index < -0.39 is 0 Å². The van der Waals surface area contributed by atoms with Crippen LogP contribution in [0.1, 0.15) is 27.7 Å². The van der Waals surface area contributed by atoms with Crippen molar-refractivity contribution in [2.24, 2.45) is 4.99 Å². The molecule has 0 heterocycles. The van der Waals surface area contributed by atoms with Crippen LogP contribution in [-0.2, 0) is 0 Å². The molecule has 0 aromatic carbocycles. The van der Waals surface area contributed by atoms with E-state index in [1.807, 2.05) is 6.92 Å². The van der Waals surface area contributed by atoms with E-state index in [2.05, 4.69) is 4.99 Å². The summed E-state index contributed by atoms with van der Waals surface area (Å²) in [5.41, 5.74) is 0.985. The number of nitrogens with zero attached hydrogens (tertiary/aromatic N) is 1. The van der Waals surface area contributed by atoms with Crippen molar-refractivity contribution in [3.8, 4) is 0 Å². The summed E-state index contributed by atoms with van der Waals surface area (Å²) < 4.78 is 13.5. The van der Waals surface area contributed by atoms with Crippen LogP contribution in [0.4, 0.5) is 4.39 Å². The smallest absolute Gasteiger partial charge is 0.151 e. The second kappa shape index (κ2) is 6.35. The Morgan fingerprint density at radius 1 is 1.23 bits per heavy atom. The van der Waals surface area contributed by atoms with E-state index in [4.69, 9.17) is 0 Å². The molecular weight excluding hydrogens is 165 g/mol. The zero-order valence-corrected chi connectivity index (χ0v) is 8.63. The van der Waals surface area contributed by atoms with Crippen LogP contribution < -0.4 is 0 Å². The highest BCUT2D eigenvalue weighted by atomic mass is 19.1. The van der Waals surface area contributed by atoms with Crippen molar-refractivity contribution in [1.29, 1.82) is 0 Å². The summed E-state index contributed by atoms with van der Waals surface area (Å²) in [5.74, 6) is -0.265. The molecule has 0 bridgehead atoms. The Labute approximate surface area is 79.4 Å². The van der Waals surface area contributed by atoms with Crippen LogP contribution in [0.25, 0.3) is 0 Å². The Balaban J connectivity index is 4.93. The Morgan fingerprint density at radius 3 is 2.23 bits per heavy atom. The summed E-state index contributed by atoms with van der Waals surface area (Å²) in [6, 6.07) is 0. The maximum Gasteiger partial charge on any atom is 0.151 e. The second-order valence-corrected chi connectivity index (χ2v) is 2.53. The monoisotopic (exact) mass is 181 g/mol. The molecule has 0 N–H and O–H groups in total. The maximum absolute atomic E-state index is 13.5. The van der Waals surface area contributed by atoms with Crippen molar-refractivity contribution in [1.82, 2.24) is 0 Å². The second-order valence-electron chi connectivity index (χ2n) is 2.53. The molecule has 0 rings (SSSR count). The van der Waals surface area contributed by atoms with Crippen molar-refractivity contribution in [2.45, 2.75) is 27.7 Å². The molecule has 0 unspecified atom stereocenters. The van der Waals surface area contributed by atoms with Crippen molar-refractivity contribution in [3.63, 3.8) is 0 Å². The summed E-state index contributed by atoms with van der Waals surface area (Å²) in [6.07, 6.45) is 6.84. The Kier molecular flexibility index (Phi) is 5.77. The number of rotatable bonds is 3. The number of allylic oxidation sites excluding steroid dienone is 6. The average molecular weight is 181 g/mol. The predicted octanol–water partition coefficient (Wildman–Crippen LogP) is 3.80. The van der Waals surface area contributed by atoms with Crippen LogP contribution in [0.2, 0.25) is 0 Å². The normalized spacial score (nSPS) is 15.6. The first-order valence-electron chi connectivity index (χ1n) is 4.31. The van der Waals surface area contributed by atoms with Gasteiger partial charge in [-0.1, -0.05) is 18.2 Å². The quantitative estimate of drug-likeness (QED) is 0.464. The minimum Gasteiger partial charge on any atom is -0.263 e. The molecule has 0 aliphatic carbocycles. The molecule has 0 saturated carbocycles. The van der Waals surface area contributed by atoms with Gasteiger partial charge >= 0.3 is 0 Å². The molecule has 0 aromatic heterocycles. The fourth-order valence-corrected chi connectivity index (χ4v) is 0.935. The van der Waals surface area contributed by atoms with Crippen molar-refractivity contribution >= 4 is 6.21 Å². The summed E-state index contributed by atoms with van der Waals surface area (Å²) in [6.45, 7) is 7.08. The van der Waals surface area contributed by atoms with Crippen LogP contribution in [0.3, 0.4) is 0 Å². The van der Waals surface area contributed by atoms with Crippen LogP contribution in [0.5, 0.6) is 0 Å². The fraction of sp³-hybridized carbons (Fsp3) is 0.364. The van der Waals surface area contributed by atoms with Crippen LogP contribution in [0, 0.1) is 0 Å². The molecule has 2 heteroatoms. The summed E-state index contributed by atoms with van der Waals surface area (Å²) in [4.78, 5) is 3.88. The first-order chi connectivity index (χ1) is 6.17. The summed E-state index contributed by atoms with van der Waals surface area (Å²) in [7, 11) is 0. The van der Waals surface area contributed by atoms with Gasteiger partial charge in [0, 0.05) is 11.8 Å². The van der Waals surface area contributed by atoms with Gasteiger partial charge in [-0.25, -0.2) is 4.39 Å². The lowest BCUT2D eigenvalue weighted by Crippen LogP contribution is -1.83. The molecule has 0 radical (unpaired) electrons. The van der Waals surface area contributed by atoms with E-state index in [-0.39, 0.29) is 5.83 Å². The van der Waals surface area contributed by atoms with Gasteiger partial charge in [0.1, 0.15) is 0 Å². The lowest BCUT2D eigenvalue weighted by molar-refractivity contribution is 0.642. The third kappa shape index (κ3) is 3.83. The number of hydrogen-bond donors (Lipinski definition) is 0. The highest BCUT2D eigenvalue weighted by Gasteiger charge is 2.02. The molecular formula is C11H16FN. The maximum atomic E-state index is 13.5. The summed E-state index contributed by atoms with van der Waals surface area (Å²) in [5, 5.41) is 0. The Morgan fingerprint density at radius 2 is 1.85 bits per heavy atom. The van der Waals surface area contributed by atoms with Gasteiger partial charge in [-0.2, -0.15) is 0 Å². The molecule has 0 aliphatic heterocycles. The van der Waals surface area contributed by atoms with E-state index in [1.54, 1.807) is 45.2 Å². The minimum atomic E-state index is -0.265. The van der Waals surface area contributed by atoms with Gasteiger partial charge < -0.3 is 0 Å². The first-order valence-corrected chi connectivity index (χ1v) is 4.31. The van der Waals surface area contributed by atoms with Gasteiger partial charge in [0.25, 0.3) is 0 Å². The van der Waals surface area contributed by atoms with Crippen LogP contribution in [-0.4, -0.2) is 6.21 Å². The topological polar surface area (TPSA) is 12.4 Å². The van der Waals surface area contributed by atoms with Crippen molar-refractivity contribution in [2.75, 3.05) is 0 Å². The van der Waals surface area contributed by atoms with Gasteiger partial charge in [0.2, 0.25) is 0 Å². The largest absolute Gasteiger partial charge is 0.263 e. The Hall–Kier alpha value is -1.18. The molecule has 1 nitrogen and oxygen atoms in total. The van der Waals surface area contributed by atoms with Gasteiger partial charge in [-0.3, -0.25) is 4.99 Å². The molecule has 0 aliphatic rings. The number of hydrogen-bond acceptors (Lipinski definition) is 1. The average Bonchev–Trinajstić information content (AvgIpc) is 2.13. The third-order valence-electron chi connectivity index (χ3n) is 1.55. The molecule has 0 atom stereocenters. The van der Waals surface area contributed by atoms with E-state index in [0.717, 1.165) is 0 Å². The highest BCUT2D eigenvalue weighted by Crippen LogP contribution is 2.18. The van der Waals surface area contributed by atoms with Crippen LogP contribution in [0.15, 0.2) is 40.3 Å². The van der Waals surface area contributed by atoms with Crippen molar-refractivity contribution in [3.05, 3.63) is 35.3 Å². The Bertz CT molecular complexity index is 270. The molecule has 13 heavy (non-hydrogen) atoms. The predicted molar refractivity (Wildman–Crippen MR) is 56.5 cm³/mol. The molecule has 0 fully saturated rings. The minimum absolute atomic E-state index is 0.265. The highest BCUT2D eigenvalue weighted by molar-refractivity contribution is 5.56. The van der Waals surface area contributed by atoms with E-state index >= 15 is 0 Å². The van der Waals surface area contributed by atoms with Crippen molar-refractivity contribution < 1.29 is 4.39 Å². The summed E-state index contributed by atoms with van der Waals surface area (Å²) >= 11 is 0. The molecule has 0 aromatic rings. The SMILES string of the molecule is C\C=N/C(C)=C(F)\C(=C/C)\C=C\C. The number of halogens is 1. The van der Waals surface area contributed by atoms with E-state index in [9.17, 15) is 4.39 Å². The van der Waals surface area contributed by atoms with Crippen LogP contribution >= 0.6 is 0 Å². The lowest BCUT2D eigenvalue weighted by Gasteiger charge is -1.99. The van der Waals surface area contributed by atoms with Gasteiger partial charge in [0.15, 0.2) is 5.83 Å². The fourth-order valence-electron chi connectivity index (χ4n) is 0.935. The van der Waals surface area contributed by atoms with Gasteiger partial charge in [-0.05, 0) is 27.7 Å². The molecule has 0 saturated heterocycles.